The van der Waals surface area contributed by atoms with E-state index in [2.05, 4.69) is 9.80 Å². The van der Waals surface area contributed by atoms with E-state index in [1.165, 1.54) is 0 Å². The summed E-state index contributed by atoms with van der Waals surface area (Å²) in [6.45, 7) is 11.9. The summed E-state index contributed by atoms with van der Waals surface area (Å²) in [6, 6.07) is -0.611. The Kier molecular flexibility index (Phi) is 9.04. The van der Waals surface area contributed by atoms with Crippen LogP contribution in [0.25, 0.3) is 0 Å². The summed E-state index contributed by atoms with van der Waals surface area (Å²) in [4.78, 5) is 43.7. The van der Waals surface area contributed by atoms with E-state index < -0.39 is 23.7 Å². The number of nitrogens with zero attached hydrogens (tertiary/aromatic N) is 4. The van der Waals surface area contributed by atoms with E-state index >= 15 is 0 Å². The van der Waals surface area contributed by atoms with Crippen molar-refractivity contribution in [1.82, 2.24) is 19.6 Å². The molecule has 12 heteroatoms. The molecule has 3 saturated heterocycles. The lowest BCUT2D eigenvalue weighted by Crippen LogP contribution is -2.54. The van der Waals surface area contributed by atoms with Crippen LogP contribution < -0.4 is 5.73 Å². The van der Waals surface area contributed by atoms with Crippen molar-refractivity contribution < 1.29 is 29.0 Å². The summed E-state index contributed by atoms with van der Waals surface area (Å²) in [5, 5.41) is 16.9. The number of aliphatic carboxylic acids is 1. The summed E-state index contributed by atoms with van der Waals surface area (Å²) in [5.74, 6) is -0.631. The minimum absolute atomic E-state index is 0.0536. The van der Waals surface area contributed by atoms with E-state index in [0.29, 0.717) is 26.1 Å². The number of piperidine rings is 1. The van der Waals surface area contributed by atoms with Crippen molar-refractivity contribution in [2.75, 3.05) is 45.8 Å². The van der Waals surface area contributed by atoms with Crippen LogP contribution in [0.2, 0.25) is 0 Å². The summed E-state index contributed by atoms with van der Waals surface area (Å²) in [7, 11) is 0. The second-order valence-corrected chi connectivity index (χ2v) is 11.1. The number of amidine groups is 1. The molecule has 3 rings (SSSR count). The van der Waals surface area contributed by atoms with Crippen molar-refractivity contribution in [2.24, 2.45) is 11.7 Å². The molecule has 0 radical (unpaired) electrons. The first-order chi connectivity index (χ1) is 16.9. The van der Waals surface area contributed by atoms with Gasteiger partial charge in [0.2, 0.25) is 0 Å². The van der Waals surface area contributed by atoms with Gasteiger partial charge in [0, 0.05) is 45.8 Å². The van der Waals surface area contributed by atoms with Crippen LogP contribution in [0.4, 0.5) is 9.59 Å². The van der Waals surface area contributed by atoms with Gasteiger partial charge in [-0.3, -0.25) is 20.0 Å². The van der Waals surface area contributed by atoms with E-state index in [1.54, 1.807) is 9.80 Å². The number of carbonyl (C=O) groups excluding carboxylic acids is 2. The number of rotatable bonds is 8. The molecule has 36 heavy (non-hydrogen) atoms. The summed E-state index contributed by atoms with van der Waals surface area (Å²) >= 11 is 0. The minimum atomic E-state index is -0.795. The van der Waals surface area contributed by atoms with E-state index in [-0.39, 0.29) is 36.5 Å². The molecule has 4 N–H and O–H groups in total. The van der Waals surface area contributed by atoms with Gasteiger partial charge in [-0.2, -0.15) is 0 Å². The number of cyclic esters (lactones) is 1. The Balaban J connectivity index is 1.49. The van der Waals surface area contributed by atoms with Crippen LogP contribution in [-0.4, -0.2) is 118 Å². The van der Waals surface area contributed by atoms with E-state index in [0.717, 1.165) is 39.0 Å². The molecular weight excluding hydrogens is 468 g/mol. The molecule has 0 aromatic rings. The highest BCUT2D eigenvalue weighted by atomic mass is 16.6. The lowest BCUT2D eigenvalue weighted by atomic mass is 9.87. The predicted octanol–water partition coefficient (Wildman–Crippen LogP) is 1.59. The van der Waals surface area contributed by atoms with Gasteiger partial charge in [0.1, 0.15) is 11.4 Å². The van der Waals surface area contributed by atoms with Crippen molar-refractivity contribution >= 4 is 24.0 Å². The molecule has 12 nitrogen and oxygen atoms in total. The number of carbonyl (C=O) groups is 3. The van der Waals surface area contributed by atoms with Crippen LogP contribution in [0, 0.1) is 11.3 Å². The van der Waals surface area contributed by atoms with Crippen LogP contribution in [0.5, 0.6) is 0 Å². The third kappa shape index (κ3) is 7.22. The average Bonchev–Trinajstić information content (AvgIpc) is 3.08. The van der Waals surface area contributed by atoms with Gasteiger partial charge in [-0.25, -0.2) is 9.59 Å². The maximum absolute atomic E-state index is 12.7. The smallest absolute Gasteiger partial charge is 0.411 e. The molecule has 0 saturated carbocycles. The zero-order chi connectivity index (χ0) is 26.6. The summed E-state index contributed by atoms with van der Waals surface area (Å²) < 4.78 is 11.2. The third-order valence-electron chi connectivity index (χ3n) is 7.25. The van der Waals surface area contributed by atoms with Gasteiger partial charge >= 0.3 is 18.2 Å². The average molecular weight is 511 g/mol. The SMILES string of the molecule is CC1C(N2CCN(CCC(=O)O)CC2)OC(=O)N1CCC1CCN(C(=O)OC(C)(C)C)C(C(=N)N)C1. The van der Waals surface area contributed by atoms with Crippen molar-refractivity contribution in [3.8, 4) is 0 Å². The number of carboxylic acids is 1. The Bertz CT molecular complexity index is 824. The Morgan fingerprint density at radius 2 is 1.83 bits per heavy atom. The molecule has 3 aliphatic rings. The fraction of sp³-hybridized carbons (Fsp3) is 0.833. The highest BCUT2D eigenvalue weighted by molar-refractivity contribution is 5.86. The van der Waals surface area contributed by atoms with Gasteiger partial charge in [-0.05, 0) is 52.9 Å². The van der Waals surface area contributed by atoms with Gasteiger partial charge in [0.15, 0.2) is 6.23 Å². The number of ether oxygens (including phenoxy) is 2. The quantitative estimate of drug-likeness (QED) is 0.326. The fourth-order valence-corrected chi connectivity index (χ4v) is 5.22. The molecule has 0 bridgehead atoms. The first-order valence-corrected chi connectivity index (χ1v) is 12.8. The lowest BCUT2D eigenvalue weighted by molar-refractivity contribution is -0.137. The van der Waals surface area contributed by atoms with Crippen LogP contribution in [-0.2, 0) is 14.3 Å². The molecule has 0 aliphatic carbocycles. The van der Waals surface area contributed by atoms with Crippen LogP contribution >= 0.6 is 0 Å². The zero-order valence-corrected chi connectivity index (χ0v) is 21.9. The molecule has 3 fully saturated rings. The maximum Gasteiger partial charge on any atom is 0.411 e. The molecule has 0 aromatic heterocycles. The molecule has 0 aromatic carbocycles. The molecule has 3 heterocycles. The third-order valence-corrected chi connectivity index (χ3v) is 7.25. The number of likely N-dealkylation sites (tertiary alicyclic amines) is 1. The fourth-order valence-electron chi connectivity index (χ4n) is 5.22. The topological polar surface area (TPSA) is 153 Å². The second kappa shape index (κ2) is 11.6. The molecule has 4 unspecified atom stereocenters. The Hall–Kier alpha value is -2.60. The summed E-state index contributed by atoms with van der Waals surface area (Å²) in [5.41, 5.74) is 5.22. The molecule has 3 aliphatic heterocycles. The zero-order valence-electron chi connectivity index (χ0n) is 21.9. The van der Waals surface area contributed by atoms with Gasteiger partial charge in [-0.15, -0.1) is 0 Å². The van der Waals surface area contributed by atoms with Crippen molar-refractivity contribution in [1.29, 1.82) is 5.41 Å². The van der Waals surface area contributed by atoms with Crippen LogP contribution in [0.3, 0.4) is 0 Å². The van der Waals surface area contributed by atoms with E-state index in [4.69, 9.17) is 25.7 Å². The Morgan fingerprint density at radius 1 is 1.17 bits per heavy atom. The maximum atomic E-state index is 12.7. The number of nitrogens with two attached hydrogens (primary N) is 1. The number of hydrogen-bond acceptors (Lipinski definition) is 8. The first kappa shape index (κ1) is 28.0. The monoisotopic (exact) mass is 510 g/mol. The van der Waals surface area contributed by atoms with Gasteiger partial charge < -0.3 is 30.1 Å². The Labute approximate surface area is 213 Å². The van der Waals surface area contributed by atoms with Gasteiger partial charge in [0.05, 0.1) is 18.5 Å². The molecule has 204 valence electrons. The van der Waals surface area contributed by atoms with E-state index in [9.17, 15) is 14.4 Å². The number of piperazine rings is 1. The number of carboxylic acid groups (broad SMARTS) is 1. The normalized spacial score (nSPS) is 28.2. The molecule has 2 amide bonds. The van der Waals surface area contributed by atoms with Crippen molar-refractivity contribution in [2.45, 2.75) is 77.3 Å². The first-order valence-electron chi connectivity index (χ1n) is 12.8. The standard InChI is InChI=1S/C24H42N6O6/c1-16-21(28-13-11-27(12-14-28)8-7-19(31)32)35-22(33)29(16)9-5-17-6-10-30(18(15-17)20(25)26)23(34)36-24(2,3)4/h16-18,21H,5-15H2,1-4H3,(H3,25,26)(H,31,32). The van der Waals surface area contributed by atoms with Crippen LogP contribution in [0.1, 0.15) is 53.4 Å². The van der Waals surface area contributed by atoms with Crippen LogP contribution in [0.15, 0.2) is 0 Å². The highest BCUT2D eigenvalue weighted by Crippen LogP contribution is 2.30. The minimum Gasteiger partial charge on any atom is -0.481 e. The molecule has 0 spiro atoms. The number of hydrogen-bond donors (Lipinski definition) is 3. The lowest BCUT2D eigenvalue weighted by Gasteiger charge is -2.40. The highest BCUT2D eigenvalue weighted by Gasteiger charge is 2.43. The second-order valence-electron chi connectivity index (χ2n) is 11.1. The van der Waals surface area contributed by atoms with Gasteiger partial charge in [0.25, 0.3) is 0 Å². The predicted molar refractivity (Wildman–Crippen MR) is 133 cm³/mol. The number of amides is 2. The molecule has 4 atom stereocenters. The number of nitrogens with one attached hydrogen (secondary N) is 1. The van der Waals surface area contributed by atoms with Crippen molar-refractivity contribution in [3.05, 3.63) is 0 Å². The van der Waals surface area contributed by atoms with E-state index in [1.807, 2.05) is 27.7 Å². The van der Waals surface area contributed by atoms with Crippen molar-refractivity contribution in [3.63, 3.8) is 0 Å². The van der Waals surface area contributed by atoms with Gasteiger partial charge in [-0.1, -0.05) is 0 Å². The summed E-state index contributed by atoms with van der Waals surface area (Å²) in [6.07, 6.45) is 1.08. The largest absolute Gasteiger partial charge is 0.481 e. The molecular formula is C24H42N6O6. The Morgan fingerprint density at radius 3 is 2.42 bits per heavy atom.